The van der Waals surface area contributed by atoms with E-state index in [0.717, 1.165) is 0 Å². The lowest BCUT2D eigenvalue weighted by atomic mass is 10.4. The van der Waals surface area contributed by atoms with Gasteiger partial charge in [0.05, 0.1) is 0 Å². The second-order valence-electron chi connectivity index (χ2n) is 2.60. The van der Waals surface area contributed by atoms with Gasteiger partial charge >= 0.3 is 6.09 Å². The Hall–Kier alpha value is -1.82. The molecule has 0 fully saturated rings. The molecule has 0 atom stereocenters. The van der Waals surface area contributed by atoms with E-state index in [1.54, 1.807) is 18.3 Å². The van der Waals surface area contributed by atoms with E-state index in [-0.39, 0.29) is 24.7 Å². The maximum atomic E-state index is 10.6. The summed E-state index contributed by atoms with van der Waals surface area (Å²) in [6.07, 6.45) is 2.18. The fraction of sp³-hybridized carbons (Fsp3) is 0.125. The molecule has 0 radical (unpaired) electrons. The van der Waals surface area contributed by atoms with Gasteiger partial charge in [0, 0.05) is 6.07 Å². The van der Waals surface area contributed by atoms with E-state index in [1.165, 1.54) is 10.8 Å². The van der Waals surface area contributed by atoms with Crippen LogP contribution in [-0.2, 0) is 11.3 Å². The van der Waals surface area contributed by atoms with Crippen LogP contribution in [0.5, 0.6) is 5.75 Å². The minimum atomic E-state index is -0.901. The smallest absolute Gasteiger partial charge is 0.410 e. The molecule has 0 spiro atoms. The van der Waals surface area contributed by atoms with Crippen molar-refractivity contribution in [1.29, 1.82) is 0 Å². The molecule has 7 heteroatoms. The number of hydrogen-bond donors (Lipinski definition) is 2. The molecule has 0 aliphatic carbocycles. The summed E-state index contributed by atoms with van der Waals surface area (Å²) in [5.74, 6) is -0.215. The van der Waals surface area contributed by atoms with Crippen molar-refractivity contribution in [3.63, 3.8) is 0 Å². The minimum Gasteiger partial charge on any atom is -1.00 e. The predicted octanol–water partition coefficient (Wildman–Crippen LogP) is -4.08. The first-order valence-electron chi connectivity index (χ1n) is 3.82. The third-order valence-corrected chi connectivity index (χ3v) is 1.39. The van der Waals surface area contributed by atoms with Crippen LogP contribution in [0, 0.1) is 0 Å². The fourth-order valence-corrected chi connectivity index (χ4v) is 0.953. The highest BCUT2D eigenvalue weighted by Gasteiger charge is 2.08. The van der Waals surface area contributed by atoms with Gasteiger partial charge in [0.1, 0.15) is 0 Å². The van der Waals surface area contributed by atoms with Crippen LogP contribution < -0.4 is 33.2 Å². The van der Waals surface area contributed by atoms with Crippen molar-refractivity contribution >= 4 is 12.0 Å². The molecule has 4 N–H and O–H groups in total. The lowest BCUT2D eigenvalue weighted by Gasteiger charge is -1.98. The molecular formula is C8H10ClN3O3. The highest BCUT2D eigenvalue weighted by Crippen LogP contribution is 2.04. The number of nitrogens with zero attached hydrogens (tertiary/aromatic N) is 1. The molecule has 82 valence electrons. The Bertz CT molecular complexity index is 339. The Morgan fingerprint density at radius 1 is 1.40 bits per heavy atom. The molecule has 15 heavy (non-hydrogen) atoms. The van der Waals surface area contributed by atoms with Crippen LogP contribution in [0.1, 0.15) is 0 Å². The number of nitrogens with two attached hydrogens (primary N) is 2. The number of primary amides is 2. The highest BCUT2D eigenvalue weighted by atomic mass is 35.5. The fourth-order valence-electron chi connectivity index (χ4n) is 0.953. The Balaban J connectivity index is 0.00000196. The molecule has 0 unspecified atom stereocenters. The van der Waals surface area contributed by atoms with Crippen molar-refractivity contribution in [3.05, 3.63) is 24.5 Å². The maximum absolute atomic E-state index is 10.6. The number of carbonyl (C=O) groups excluding carboxylic acids is 2. The summed E-state index contributed by atoms with van der Waals surface area (Å²) in [4.78, 5) is 21.0. The zero-order chi connectivity index (χ0) is 10.6. The van der Waals surface area contributed by atoms with E-state index >= 15 is 0 Å². The summed E-state index contributed by atoms with van der Waals surface area (Å²) in [5, 5.41) is 0. The summed E-state index contributed by atoms with van der Waals surface area (Å²) >= 11 is 0. The number of ether oxygens (including phenoxy) is 1. The lowest BCUT2D eigenvalue weighted by molar-refractivity contribution is -0.684. The molecule has 0 saturated carbocycles. The van der Waals surface area contributed by atoms with E-state index in [2.05, 4.69) is 4.74 Å². The zero-order valence-corrected chi connectivity index (χ0v) is 8.48. The number of carbonyl (C=O) groups is 2. The zero-order valence-electron chi connectivity index (χ0n) is 7.72. The van der Waals surface area contributed by atoms with Crippen LogP contribution in [0.15, 0.2) is 24.5 Å². The van der Waals surface area contributed by atoms with Crippen LogP contribution >= 0.6 is 0 Å². The SMILES string of the molecule is NC(=O)C[n+]1cccc(OC(N)=O)c1.[Cl-]. The van der Waals surface area contributed by atoms with E-state index in [4.69, 9.17) is 11.5 Å². The van der Waals surface area contributed by atoms with Gasteiger partial charge in [-0.25, -0.2) is 4.79 Å². The molecule has 0 aromatic carbocycles. The Morgan fingerprint density at radius 3 is 2.60 bits per heavy atom. The van der Waals surface area contributed by atoms with E-state index in [1.807, 2.05) is 0 Å². The molecule has 1 aromatic heterocycles. The summed E-state index contributed by atoms with van der Waals surface area (Å²) < 4.78 is 6.09. The average Bonchev–Trinajstić information content (AvgIpc) is 2.01. The Labute approximate surface area is 92.2 Å². The standard InChI is InChI=1S/C8H9N3O3.ClH/c9-7(12)5-11-3-1-2-6(4-11)14-8(10)13;/h1-4H,5H2,(H3-,9,10,12,13);1H. The molecule has 1 aromatic rings. The Morgan fingerprint density at radius 2 is 2.07 bits per heavy atom. The van der Waals surface area contributed by atoms with Gasteiger partial charge in [0.25, 0.3) is 5.91 Å². The van der Waals surface area contributed by atoms with E-state index < -0.39 is 12.0 Å². The molecule has 1 heterocycles. The van der Waals surface area contributed by atoms with Gasteiger partial charge in [-0.05, 0) is 6.07 Å². The number of pyridine rings is 1. The first kappa shape index (κ1) is 13.2. The van der Waals surface area contributed by atoms with E-state index in [0.29, 0.717) is 0 Å². The summed E-state index contributed by atoms with van der Waals surface area (Å²) in [7, 11) is 0. The van der Waals surface area contributed by atoms with Gasteiger partial charge in [-0.15, -0.1) is 0 Å². The molecule has 1 rings (SSSR count). The molecular weight excluding hydrogens is 222 g/mol. The largest absolute Gasteiger partial charge is 1.00 e. The third-order valence-electron chi connectivity index (χ3n) is 1.39. The second-order valence-corrected chi connectivity index (χ2v) is 2.60. The number of halogens is 1. The number of hydrogen-bond acceptors (Lipinski definition) is 3. The van der Waals surface area contributed by atoms with Crippen molar-refractivity contribution in [2.24, 2.45) is 11.5 Å². The molecule has 6 nitrogen and oxygen atoms in total. The van der Waals surface area contributed by atoms with Crippen LogP contribution in [0.4, 0.5) is 4.79 Å². The van der Waals surface area contributed by atoms with Crippen molar-refractivity contribution in [2.45, 2.75) is 6.54 Å². The summed E-state index contributed by atoms with van der Waals surface area (Å²) in [6.45, 7) is 0.0238. The number of aromatic nitrogens is 1. The van der Waals surface area contributed by atoms with Gasteiger partial charge in [-0.3, -0.25) is 4.79 Å². The third kappa shape index (κ3) is 4.82. The van der Waals surface area contributed by atoms with Gasteiger partial charge in [0.2, 0.25) is 12.7 Å². The summed E-state index contributed by atoms with van der Waals surface area (Å²) in [5.41, 5.74) is 9.80. The quantitative estimate of drug-likeness (QED) is 0.518. The van der Waals surface area contributed by atoms with Gasteiger partial charge < -0.3 is 28.6 Å². The van der Waals surface area contributed by atoms with Crippen LogP contribution in [-0.4, -0.2) is 12.0 Å². The first-order valence-corrected chi connectivity index (χ1v) is 3.82. The second kappa shape index (κ2) is 5.82. The maximum Gasteiger partial charge on any atom is 0.410 e. The van der Waals surface area contributed by atoms with Crippen molar-refractivity contribution < 1.29 is 31.3 Å². The van der Waals surface area contributed by atoms with Crippen molar-refractivity contribution in [2.75, 3.05) is 0 Å². The van der Waals surface area contributed by atoms with Gasteiger partial charge in [-0.2, -0.15) is 4.57 Å². The van der Waals surface area contributed by atoms with E-state index in [9.17, 15) is 9.59 Å². The number of amides is 2. The van der Waals surface area contributed by atoms with Gasteiger partial charge in [-0.1, -0.05) is 0 Å². The van der Waals surface area contributed by atoms with Crippen molar-refractivity contribution in [1.82, 2.24) is 0 Å². The molecule has 0 bridgehead atoms. The van der Waals surface area contributed by atoms with Crippen molar-refractivity contribution in [3.8, 4) is 5.75 Å². The van der Waals surface area contributed by atoms with Crippen LogP contribution in [0.2, 0.25) is 0 Å². The highest BCUT2D eigenvalue weighted by molar-refractivity contribution is 5.72. The lowest BCUT2D eigenvalue weighted by Crippen LogP contribution is -3.00. The van der Waals surface area contributed by atoms with Crippen LogP contribution in [0.25, 0.3) is 0 Å². The predicted molar refractivity (Wildman–Crippen MR) is 46.0 cm³/mol. The topological polar surface area (TPSA) is 99.3 Å². The number of rotatable bonds is 3. The summed E-state index contributed by atoms with van der Waals surface area (Å²) in [6, 6.07) is 3.16. The first-order chi connectivity index (χ1) is 6.58. The normalized spacial score (nSPS) is 8.80. The van der Waals surface area contributed by atoms with Crippen LogP contribution in [0.3, 0.4) is 0 Å². The molecule has 0 saturated heterocycles. The average molecular weight is 232 g/mol. The molecule has 0 aliphatic rings. The Kier molecular flexibility index (Phi) is 5.11. The molecule has 0 aliphatic heterocycles. The minimum absolute atomic E-state index is 0. The monoisotopic (exact) mass is 231 g/mol. The van der Waals surface area contributed by atoms with Gasteiger partial charge in [0.15, 0.2) is 11.9 Å². The molecule has 2 amide bonds.